The second kappa shape index (κ2) is 39.7. The molecule has 0 saturated carbocycles. The largest absolute Gasteiger partial charge is 0.391 e. The van der Waals surface area contributed by atoms with Crippen LogP contribution in [0.25, 0.3) is 0 Å². The van der Waals surface area contributed by atoms with Crippen LogP contribution in [0.4, 0.5) is 8.78 Å². The second-order valence-electron chi connectivity index (χ2n) is 30.8. The number of carbonyl (C=O) groups is 12. The van der Waals surface area contributed by atoms with Crippen LogP contribution in [-0.4, -0.2) is 251 Å². The van der Waals surface area contributed by atoms with Crippen molar-refractivity contribution in [1.82, 2.24) is 60.9 Å². The number of hydrogen-bond acceptors (Lipinski definition) is 14. The zero-order valence-electron chi connectivity index (χ0n) is 64.3. The van der Waals surface area contributed by atoms with Gasteiger partial charge >= 0.3 is 0 Å². The van der Waals surface area contributed by atoms with Crippen LogP contribution in [-0.2, 0) is 75.1 Å². The van der Waals surface area contributed by atoms with Crippen LogP contribution in [0, 0.1) is 29.6 Å². The van der Waals surface area contributed by atoms with Crippen LogP contribution in [0.15, 0.2) is 54.6 Å². The Kier molecular flexibility index (Phi) is 33.6. The molecule has 0 aliphatic carbocycles. The lowest BCUT2D eigenvalue weighted by Crippen LogP contribution is -2.62. The molecule has 2 saturated heterocycles. The number of halogens is 2. The molecule has 103 heavy (non-hydrogen) atoms. The summed E-state index contributed by atoms with van der Waals surface area (Å²) in [5.74, 6) is -11.8. The average molecular weight is 1450 g/mol. The first kappa shape index (κ1) is 87.3. The van der Waals surface area contributed by atoms with Crippen molar-refractivity contribution in [2.75, 3.05) is 68.5 Å². The number of alkyl halides is 2. The number of ether oxygens (including phenoxy) is 1. The van der Waals surface area contributed by atoms with Crippen LogP contribution >= 0.6 is 0 Å². The maximum atomic E-state index is 15.6. The van der Waals surface area contributed by atoms with E-state index in [9.17, 15) is 42.7 Å². The standard InChI is InChI=1S/C75H118F2N12O14/c1-43(2)35-55-65(93)80-54(42-103-75(12,13)14)70(98)87(19)58(39-49-27-23-21-24-28-49)72(100)86(18)56(36-44(3)4)66(94)78-53(71(99)89-33-25-22-26-34-89)40-59(91)81-61(46(7)8)74(102)88(20)63(47(9)10)68(96)79-52(38-50-29-31-51(32-30-50)64(76)77)69(97)85(17)57(37-45(5)6)67(95)82-62(48(11)90)73(101)83(15)41-60(92)84(55)16/h21,23-24,27-32,43-48,52-58,61-64,90H,22,25-26,33-42H2,1-20H3,(H,78,94)(H,79,96)(H,80,93)(H,81,91)(H,82,95)/t48-,52+,53+,54+,55+,56+,57+,58+,61-,62+,63+/m1/s1. The summed E-state index contributed by atoms with van der Waals surface area (Å²) in [6.07, 6.45) is -3.39. The lowest BCUT2D eigenvalue weighted by Gasteiger charge is -2.38. The zero-order valence-corrected chi connectivity index (χ0v) is 64.3. The van der Waals surface area contributed by atoms with E-state index >= 15 is 28.8 Å². The molecule has 2 aromatic carbocycles. The predicted octanol–water partition coefficient (Wildman–Crippen LogP) is 4.49. The van der Waals surface area contributed by atoms with Gasteiger partial charge in [-0.15, -0.1) is 0 Å². The SMILES string of the molecule is CC(C)C[C@H]1C(=O)N[C@@H](COC(C)(C)C)C(=O)N(C)[C@@H](Cc2ccccc2)C(=O)N(C)[C@@H](CC(C)C)C(=O)N[C@H](C(=O)N2CCCCC2)CC(=O)N[C@H](C(C)C)C(=O)N(C)[C@@H](C(C)C)C(=O)N[C@@H](Cc2ccc(C(F)F)cc2)C(=O)N(C)[C@@H](CC(C)C)C(=O)N[C@@H]([C@@H](C)O)C(=O)N(C)CC(=O)N1C. The molecular formula is C75H118F2N12O14. The molecular weight excluding hydrogens is 1330 g/mol. The number of piperidine rings is 1. The highest BCUT2D eigenvalue weighted by atomic mass is 19.3. The molecule has 0 unspecified atom stereocenters. The van der Waals surface area contributed by atoms with Crippen molar-refractivity contribution in [2.45, 2.75) is 233 Å². The third-order valence-electron chi connectivity index (χ3n) is 18.8. The van der Waals surface area contributed by atoms with Gasteiger partial charge in [0, 0.05) is 73.8 Å². The van der Waals surface area contributed by atoms with Crippen LogP contribution in [0.3, 0.4) is 0 Å². The molecule has 2 aliphatic heterocycles. The number of nitrogens with one attached hydrogen (secondary N) is 5. The van der Waals surface area contributed by atoms with Crippen molar-refractivity contribution < 1.29 is 76.2 Å². The molecule has 26 nitrogen and oxygen atoms in total. The number of rotatable bonds is 17. The number of likely N-dealkylation sites (tertiary alicyclic amines) is 1. The molecule has 4 rings (SSSR count). The minimum atomic E-state index is -2.83. The molecule has 2 fully saturated rings. The number of amides is 12. The first-order chi connectivity index (χ1) is 48.0. The van der Waals surface area contributed by atoms with Crippen molar-refractivity contribution in [2.24, 2.45) is 29.6 Å². The highest BCUT2D eigenvalue weighted by molar-refractivity contribution is 6.00. The Morgan fingerprint density at radius 3 is 1.49 bits per heavy atom. The number of carbonyl (C=O) groups excluding carboxylic acids is 12. The summed E-state index contributed by atoms with van der Waals surface area (Å²) in [6.45, 7) is 23.4. The smallest absolute Gasteiger partial charge is 0.263 e. The van der Waals surface area contributed by atoms with Gasteiger partial charge in [0.15, 0.2) is 0 Å². The normalized spacial score (nSPS) is 24.9. The Morgan fingerprint density at radius 2 is 0.990 bits per heavy atom. The molecule has 2 heterocycles. The summed E-state index contributed by atoms with van der Waals surface area (Å²) in [5, 5.41) is 25.1. The molecule has 12 amide bonds. The summed E-state index contributed by atoms with van der Waals surface area (Å²) in [6, 6.07) is -0.629. The van der Waals surface area contributed by atoms with E-state index < -0.39 is 181 Å². The Bertz CT molecular complexity index is 3210. The topological polar surface area (TPSA) is 317 Å². The zero-order chi connectivity index (χ0) is 77.8. The summed E-state index contributed by atoms with van der Waals surface area (Å²) in [7, 11) is 8.04. The van der Waals surface area contributed by atoms with Gasteiger partial charge in [-0.05, 0) is 107 Å². The fourth-order valence-corrected chi connectivity index (χ4v) is 12.8. The van der Waals surface area contributed by atoms with E-state index in [2.05, 4.69) is 26.6 Å². The van der Waals surface area contributed by atoms with Gasteiger partial charge in [0.05, 0.1) is 31.3 Å². The van der Waals surface area contributed by atoms with Gasteiger partial charge in [-0.25, -0.2) is 8.78 Å². The summed E-state index contributed by atoms with van der Waals surface area (Å²) in [4.78, 5) is 188. The monoisotopic (exact) mass is 1450 g/mol. The Labute approximate surface area is 608 Å². The van der Waals surface area contributed by atoms with Gasteiger partial charge in [-0.2, -0.15) is 0 Å². The lowest BCUT2D eigenvalue weighted by atomic mass is 9.96. The van der Waals surface area contributed by atoms with Crippen molar-refractivity contribution in [3.8, 4) is 0 Å². The number of likely N-dealkylation sites (N-methyl/N-ethyl adjacent to an activating group) is 6. The third kappa shape index (κ3) is 25.6. The van der Waals surface area contributed by atoms with E-state index in [1.54, 1.807) is 97.5 Å². The van der Waals surface area contributed by atoms with Gasteiger partial charge in [0.25, 0.3) is 6.43 Å². The fourth-order valence-electron chi connectivity index (χ4n) is 12.8. The van der Waals surface area contributed by atoms with E-state index in [1.807, 2.05) is 27.7 Å². The van der Waals surface area contributed by atoms with E-state index in [1.165, 1.54) is 83.3 Å². The Balaban J connectivity index is 2.00. The Morgan fingerprint density at radius 1 is 0.515 bits per heavy atom. The second-order valence-corrected chi connectivity index (χ2v) is 30.8. The molecule has 0 aromatic heterocycles. The van der Waals surface area contributed by atoms with Gasteiger partial charge in [-0.3, -0.25) is 57.5 Å². The van der Waals surface area contributed by atoms with Crippen molar-refractivity contribution in [1.29, 1.82) is 0 Å². The number of hydrogen-bond donors (Lipinski definition) is 6. The van der Waals surface area contributed by atoms with E-state index in [0.29, 0.717) is 37.1 Å². The minimum absolute atomic E-state index is 0.0311. The van der Waals surface area contributed by atoms with Crippen LogP contribution in [0.1, 0.15) is 165 Å². The maximum absolute atomic E-state index is 15.6. The highest BCUT2D eigenvalue weighted by Crippen LogP contribution is 2.25. The van der Waals surface area contributed by atoms with Crippen molar-refractivity contribution in [3.63, 3.8) is 0 Å². The highest BCUT2D eigenvalue weighted by Gasteiger charge is 2.44. The molecule has 0 bridgehead atoms. The van der Waals surface area contributed by atoms with Crippen molar-refractivity contribution >= 4 is 70.9 Å². The van der Waals surface area contributed by atoms with Crippen LogP contribution in [0.2, 0.25) is 0 Å². The van der Waals surface area contributed by atoms with E-state index in [0.717, 1.165) is 26.0 Å². The molecule has 0 spiro atoms. The molecule has 11 atom stereocenters. The van der Waals surface area contributed by atoms with Gasteiger partial charge in [0.2, 0.25) is 70.9 Å². The molecule has 2 aromatic rings. The first-order valence-electron chi connectivity index (χ1n) is 36.1. The van der Waals surface area contributed by atoms with E-state index in [4.69, 9.17) is 4.74 Å². The maximum Gasteiger partial charge on any atom is 0.263 e. The summed E-state index contributed by atoms with van der Waals surface area (Å²) >= 11 is 0. The first-order valence-corrected chi connectivity index (χ1v) is 36.1. The summed E-state index contributed by atoms with van der Waals surface area (Å²) < 4.78 is 33.9. The average Bonchev–Trinajstić information content (AvgIpc) is 0.818. The molecule has 576 valence electrons. The molecule has 0 radical (unpaired) electrons. The van der Waals surface area contributed by atoms with Crippen LogP contribution in [0.5, 0.6) is 0 Å². The molecule has 28 heteroatoms. The molecule has 6 N–H and O–H groups in total. The van der Waals surface area contributed by atoms with Gasteiger partial charge in [0.1, 0.15) is 60.4 Å². The van der Waals surface area contributed by atoms with Gasteiger partial charge in [-0.1, -0.05) is 124 Å². The number of benzene rings is 2. The van der Waals surface area contributed by atoms with Crippen LogP contribution < -0.4 is 26.6 Å². The lowest BCUT2D eigenvalue weighted by molar-refractivity contribution is -0.151. The van der Waals surface area contributed by atoms with E-state index in [-0.39, 0.29) is 55.4 Å². The van der Waals surface area contributed by atoms with Crippen molar-refractivity contribution in [3.05, 3.63) is 71.3 Å². The number of aliphatic hydroxyl groups is 1. The quantitative estimate of drug-likeness (QED) is 0.127. The van der Waals surface area contributed by atoms with Gasteiger partial charge < -0.3 is 70.7 Å². The molecule has 2 aliphatic rings. The Hall–Kier alpha value is -8.14. The summed E-state index contributed by atoms with van der Waals surface area (Å²) in [5.41, 5.74) is -0.261. The number of nitrogens with zero attached hydrogens (tertiary/aromatic N) is 7. The third-order valence-corrected chi connectivity index (χ3v) is 18.8. The fraction of sp³-hybridized carbons (Fsp3) is 0.680. The number of aliphatic hydroxyl groups excluding tert-OH is 1. The minimum Gasteiger partial charge on any atom is -0.391 e. The predicted molar refractivity (Wildman–Crippen MR) is 386 cm³/mol.